The Balaban J connectivity index is 0.00000280. The van der Waals surface area contributed by atoms with Gasteiger partial charge in [0.15, 0.2) is 0 Å². The third kappa shape index (κ3) is 4.67. The van der Waals surface area contributed by atoms with Crippen molar-refractivity contribution >= 4 is 18.3 Å². The molecule has 3 rings (SSSR count). The molecule has 0 aliphatic carbocycles. The number of benzene rings is 1. The predicted octanol–water partition coefficient (Wildman–Crippen LogP) is 3.69. The van der Waals surface area contributed by atoms with Gasteiger partial charge in [-0.3, -0.25) is 4.79 Å². The number of carbonyl (C=O) groups excluding carboxylic acids is 1. The molecule has 1 saturated heterocycles. The Morgan fingerprint density at radius 1 is 1.36 bits per heavy atom. The van der Waals surface area contributed by atoms with Crippen molar-refractivity contribution in [3.05, 3.63) is 47.3 Å². The standard InChI is InChI=1S/C19H23F3N4O.ClH/c1-13-17(18(27)25-8-4-5-14(12-25)10-23-2)11-24-26(13)16-7-3-6-15(9-16)19(20,21)22;/h3,6-7,9,11,14,23H,4-5,8,10,12H2,1-2H3;1H. The van der Waals surface area contributed by atoms with Gasteiger partial charge in [-0.05, 0) is 57.5 Å². The summed E-state index contributed by atoms with van der Waals surface area (Å²) in [6.07, 6.45) is -0.961. The van der Waals surface area contributed by atoms with E-state index in [1.54, 1.807) is 13.0 Å². The highest BCUT2D eigenvalue weighted by Gasteiger charge is 2.31. The van der Waals surface area contributed by atoms with Crippen LogP contribution in [0.5, 0.6) is 0 Å². The van der Waals surface area contributed by atoms with Crippen molar-refractivity contribution in [3.8, 4) is 5.69 Å². The van der Waals surface area contributed by atoms with Gasteiger partial charge in [-0.25, -0.2) is 4.68 Å². The van der Waals surface area contributed by atoms with Crippen molar-refractivity contribution in [1.29, 1.82) is 0 Å². The van der Waals surface area contributed by atoms with Crippen molar-refractivity contribution in [2.75, 3.05) is 26.7 Å². The molecule has 1 unspecified atom stereocenters. The number of hydrogen-bond acceptors (Lipinski definition) is 3. The first-order chi connectivity index (χ1) is 12.8. The number of nitrogens with zero attached hydrogens (tertiary/aromatic N) is 3. The van der Waals surface area contributed by atoms with Crippen LogP contribution in [0.15, 0.2) is 30.5 Å². The van der Waals surface area contributed by atoms with Crippen LogP contribution in [0.3, 0.4) is 0 Å². The molecule has 1 N–H and O–H groups in total. The summed E-state index contributed by atoms with van der Waals surface area (Å²) < 4.78 is 40.3. The van der Waals surface area contributed by atoms with Crippen molar-refractivity contribution in [2.45, 2.75) is 25.9 Å². The van der Waals surface area contributed by atoms with Gasteiger partial charge in [0.25, 0.3) is 5.91 Å². The van der Waals surface area contributed by atoms with E-state index in [1.165, 1.54) is 16.9 Å². The lowest BCUT2D eigenvalue weighted by Crippen LogP contribution is -2.42. The van der Waals surface area contributed by atoms with E-state index in [0.29, 0.717) is 30.3 Å². The van der Waals surface area contributed by atoms with Gasteiger partial charge in [0.05, 0.1) is 28.7 Å². The first-order valence-electron chi connectivity index (χ1n) is 8.97. The maximum absolute atomic E-state index is 13.0. The molecule has 1 aliphatic heterocycles. The van der Waals surface area contributed by atoms with Gasteiger partial charge in [0, 0.05) is 13.1 Å². The molecule has 1 amide bonds. The van der Waals surface area contributed by atoms with Crippen molar-refractivity contribution in [1.82, 2.24) is 20.0 Å². The average molecular weight is 417 g/mol. The summed E-state index contributed by atoms with van der Waals surface area (Å²) in [6.45, 7) is 3.92. The fourth-order valence-corrected chi connectivity index (χ4v) is 3.57. The number of alkyl halides is 3. The molecule has 154 valence electrons. The number of hydrogen-bond donors (Lipinski definition) is 1. The number of nitrogens with one attached hydrogen (secondary N) is 1. The largest absolute Gasteiger partial charge is 0.416 e. The summed E-state index contributed by atoms with van der Waals surface area (Å²) in [5.74, 6) is 0.290. The highest BCUT2D eigenvalue weighted by atomic mass is 35.5. The highest BCUT2D eigenvalue weighted by Crippen LogP contribution is 2.30. The number of likely N-dealkylation sites (tertiary alicyclic amines) is 1. The van der Waals surface area contributed by atoms with Gasteiger partial charge in [-0.2, -0.15) is 18.3 Å². The molecule has 1 atom stereocenters. The van der Waals surface area contributed by atoms with E-state index in [9.17, 15) is 18.0 Å². The minimum Gasteiger partial charge on any atom is -0.338 e. The second-order valence-electron chi connectivity index (χ2n) is 6.92. The molecule has 0 radical (unpaired) electrons. The molecule has 1 fully saturated rings. The third-order valence-corrected chi connectivity index (χ3v) is 4.96. The minimum absolute atomic E-state index is 0. The van der Waals surface area contributed by atoms with E-state index in [0.717, 1.165) is 31.5 Å². The Morgan fingerprint density at radius 3 is 2.79 bits per heavy atom. The quantitative estimate of drug-likeness (QED) is 0.827. The van der Waals surface area contributed by atoms with Crippen LogP contribution >= 0.6 is 12.4 Å². The fourth-order valence-electron chi connectivity index (χ4n) is 3.57. The molecular weight excluding hydrogens is 393 g/mol. The number of rotatable bonds is 4. The zero-order valence-corrected chi connectivity index (χ0v) is 16.6. The molecule has 5 nitrogen and oxygen atoms in total. The molecule has 2 aromatic rings. The van der Waals surface area contributed by atoms with Crippen molar-refractivity contribution < 1.29 is 18.0 Å². The van der Waals surface area contributed by atoms with Gasteiger partial charge in [-0.1, -0.05) is 6.07 Å². The maximum Gasteiger partial charge on any atom is 0.416 e. The van der Waals surface area contributed by atoms with Gasteiger partial charge >= 0.3 is 6.18 Å². The van der Waals surface area contributed by atoms with Crippen LogP contribution in [0, 0.1) is 12.8 Å². The molecule has 0 bridgehead atoms. The highest BCUT2D eigenvalue weighted by molar-refractivity contribution is 5.95. The SMILES string of the molecule is CNCC1CCCN(C(=O)c2cnn(-c3cccc(C(F)(F)F)c3)c2C)C1.Cl. The maximum atomic E-state index is 13.0. The molecular formula is C19H24ClF3N4O. The molecule has 1 aliphatic rings. The van der Waals surface area contributed by atoms with E-state index in [1.807, 2.05) is 11.9 Å². The zero-order valence-electron chi connectivity index (χ0n) is 15.8. The van der Waals surface area contributed by atoms with Crippen LogP contribution < -0.4 is 5.32 Å². The van der Waals surface area contributed by atoms with Crippen LogP contribution in [-0.4, -0.2) is 47.3 Å². The molecule has 1 aromatic carbocycles. The molecule has 0 saturated carbocycles. The first kappa shape index (κ1) is 22.2. The summed E-state index contributed by atoms with van der Waals surface area (Å²) in [6, 6.07) is 4.95. The Bertz CT molecular complexity index is 820. The van der Waals surface area contributed by atoms with Gasteiger partial charge in [0.1, 0.15) is 0 Å². The minimum atomic E-state index is -4.42. The van der Waals surface area contributed by atoms with E-state index in [4.69, 9.17) is 0 Å². The number of halogens is 4. The Labute approximate surface area is 168 Å². The van der Waals surface area contributed by atoms with E-state index >= 15 is 0 Å². The Morgan fingerprint density at radius 2 is 2.11 bits per heavy atom. The van der Waals surface area contributed by atoms with Gasteiger partial charge < -0.3 is 10.2 Å². The normalized spacial score (nSPS) is 17.3. The van der Waals surface area contributed by atoms with Crippen LogP contribution in [0.2, 0.25) is 0 Å². The molecule has 9 heteroatoms. The Hall–Kier alpha value is -2.06. The summed E-state index contributed by atoms with van der Waals surface area (Å²) in [5, 5.41) is 7.31. The fraction of sp³-hybridized carbons (Fsp3) is 0.474. The first-order valence-corrected chi connectivity index (χ1v) is 8.97. The molecule has 2 heterocycles. The van der Waals surface area contributed by atoms with Gasteiger partial charge in [0.2, 0.25) is 0 Å². The third-order valence-electron chi connectivity index (χ3n) is 4.96. The number of amides is 1. The van der Waals surface area contributed by atoms with Crippen molar-refractivity contribution in [3.63, 3.8) is 0 Å². The van der Waals surface area contributed by atoms with Crippen LogP contribution in [-0.2, 0) is 6.18 Å². The monoisotopic (exact) mass is 416 g/mol. The van der Waals surface area contributed by atoms with Crippen LogP contribution in [0.4, 0.5) is 13.2 Å². The number of piperidine rings is 1. The number of aromatic nitrogens is 2. The van der Waals surface area contributed by atoms with Crippen LogP contribution in [0.25, 0.3) is 5.69 Å². The second kappa shape index (κ2) is 8.96. The van der Waals surface area contributed by atoms with Crippen LogP contribution in [0.1, 0.15) is 34.5 Å². The predicted molar refractivity (Wildman–Crippen MR) is 103 cm³/mol. The smallest absolute Gasteiger partial charge is 0.338 e. The summed E-state index contributed by atoms with van der Waals surface area (Å²) in [7, 11) is 1.89. The van der Waals surface area contributed by atoms with Gasteiger partial charge in [-0.15, -0.1) is 12.4 Å². The molecule has 1 aromatic heterocycles. The van der Waals surface area contributed by atoms with E-state index in [2.05, 4.69) is 10.4 Å². The van der Waals surface area contributed by atoms with E-state index in [-0.39, 0.29) is 24.0 Å². The average Bonchev–Trinajstić information content (AvgIpc) is 3.02. The molecule has 0 spiro atoms. The topological polar surface area (TPSA) is 50.2 Å². The summed E-state index contributed by atoms with van der Waals surface area (Å²) >= 11 is 0. The summed E-state index contributed by atoms with van der Waals surface area (Å²) in [5.41, 5.74) is 0.509. The zero-order chi connectivity index (χ0) is 19.6. The Kier molecular flexibility index (Phi) is 7.11. The lowest BCUT2D eigenvalue weighted by atomic mass is 9.97. The summed E-state index contributed by atoms with van der Waals surface area (Å²) in [4.78, 5) is 14.7. The molecule has 28 heavy (non-hydrogen) atoms. The number of carbonyl (C=O) groups is 1. The van der Waals surface area contributed by atoms with Crippen molar-refractivity contribution in [2.24, 2.45) is 5.92 Å². The second-order valence-corrected chi connectivity index (χ2v) is 6.92. The lowest BCUT2D eigenvalue weighted by Gasteiger charge is -2.32. The lowest BCUT2D eigenvalue weighted by molar-refractivity contribution is -0.137. The van der Waals surface area contributed by atoms with E-state index < -0.39 is 11.7 Å².